The summed E-state index contributed by atoms with van der Waals surface area (Å²) >= 11 is 6.10. The number of halogens is 1. The molecule has 0 radical (unpaired) electrons. The number of hydrogen-bond donors (Lipinski definition) is 1. The van der Waals surface area contributed by atoms with Crippen LogP contribution < -0.4 is 10.2 Å². The third-order valence-electron chi connectivity index (χ3n) is 4.29. The van der Waals surface area contributed by atoms with Crippen LogP contribution in [0.3, 0.4) is 0 Å². The van der Waals surface area contributed by atoms with Gasteiger partial charge in [0, 0.05) is 17.7 Å². The largest absolute Gasteiger partial charge is 0.484 e. The van der Waals surface area contributed by atoms with Crippen molar-refractivity contribution in [3.05, 3.63) is 80.6 Å². The summed E-state index contributed by atoms with van der Waals surface area (Å²) in [6.07, 6.45) is 1.33. The van der Waals surface area contributed by atoms with Gasteiger partial charge in [-0.05, 0) is 55.3 Å². The predicted molar refractivity (Wildman–Crippen MR) is 113 cm³/mol. The summed E-state index contributed by atoms with van der Waals surface area (Å²) in [5.74, 6) is 0.970. The smallest absolute Gasteiger partial charge is 0.277 e. The zero-order chi connectivity index (χ0) is 21.7. The number of aryl methyl sites for hydroxylation is 2. The first-order chi connectivity index (χ1) is 14.3. The van der Waals surface area contributed by atoms with Gasteiger partial charge in [-0.3, -0.25) is 14.9 Å². The Morgan fingerprint density at radius 3 is 2.70 bits per heavy atom. The molecule has 3 aromatic rings. The Balaban J connectivity index is 1.56. The second-order valence-corrected chi connectivity index (χ2v) is 6.86. The number of non-ortho nitro benzene ring substituents is 1. The second kappa shape index (κ2) is 9.23. The number of furan rings is 1. The van der Waals surface area contributed by atoms with Crippen molar-refractivity contribution in [1.82, 2.24) is 5.43 Å². The van der Waals surface area contributed by atoms with Crippen LogP contribution >= 0.6 is 11.6 Å². The molecule has 0 unspecified atom stereocenters. The number of nitro groups is 1. The number of hydrogen-bond acceptors (Lipinski definition) is 6. The van der Waals surface area contributed by atoms with Crippen LogP contribution in [-0.2, 0) is 4.79 Å². The van der Waals surface area contributed by atoms with Crippen LogP contribution in [0.5, 0.6) is 5.75 Å². The lowest BCUT2D eigenvalue weighted by molar-refractivity contribution is -0.384. The van der Waals surface area contributed by atoms with E-state index in [1.54, 1.807) is 18.2 Å². The second-order valence-electron chi connectivity index (χ2n) is 6.45. The van der Waals surface area contributed by atoms with E-state index in [0.29, 0.717) is 22.8 Å². The number of rotatable bonds is 7. The van der Waals surface area contributed by atoms with Crippen molar-refractivity contribution in [3.8, 4) is 17.1 Å². The number of benzene rings is 2. The highest BCUT2D eigenvalue weighted by Crippen LogP contribution is 2.32. The van der Waals surface area contributed by atoms with Crippen molar-refractivity contribution in [3.63, 3.8) is 0 Å². The molecule has 0 aliphatic heterocycles. The molecule has 0 spiro atoms. The molecule has 30 heavy (non-hydrogen) atoms. The lowest BCUT2D eigenvalue weighted by Gasteiger charge is -2.07. The van der Waals surface area contributed by atoms with E-state index in [-0.39, 0.29) is 17.3 Å². The molecule has 3 rings (SSSR count). The Morgan fingerprint density at radius 1 is 1.20 bits per heavy atom. The minimum absolute atomic E-state index is 0.108. The first-order valence-electron chi connectivity index (χ1n) is 8.89. The summed E-state index contributed by atoms with van der Waals surface area (Å²) in [5, 5.41) is 14.8. The predicted octanol–water partition coefficient (Wildman–Crippen LogP) is 4.65. The maximum absolute atomic E-state index is 11.9. The Labute approximate surface area is 177 Å². The summed E-state index contributed by atoms with van der Waals surface area (Å²) in [6.45, 7) is 3.78. The first-order valence-corrected chi connectivity index (χ1v) is 9.27. The van der Waals surface area contributed by atoms with E-state index in [4.69, 9.17) is 20.8 Å². The van der Waals surface area contributed by atoms with Gasteiger partial charge in [-0.2, -0.15) is 5.10 Å². The van der Waals surface area contributed by atoms with Crippen LogP contribution in [0.2, 0.25) is 5.02 Å². The molecule has 0 aliphatic rings. The molecule has 1 heterocycles. The summed E-state index contributed by atoms with van der Waals surface area (Å²) < 4.78 is 11.0. The molecule has 2 aromatic carbocycles. The summed E-state index contributed by atoms with van der Waals surface area (Å²) in [6, 6.07) is 13.0. The van der Waals surface area contributed by atoms with E-state index in [0.717, 1.165) is 11.1 Å². The van der Waals surface area contributed by atoms with Crippen LogP contribution in [0.1, 0.15) is 16.9 Å². The summed E-state index contributed by atoms with van der Waals surface area (Å²) in [7, 11) is 0. The molecule has 1 N–H and O–H groups in total. The summed E-state index contributed by atoms with van der Waals surface area (Å²) in [4.78, 5) is 22.1. The van der Waals surface area contributed by atoms with E-state index in [1.165, 1.54) is 24.4 Å². The zero-order valence-corrected chi connectivity index (χ0v) is 17.0. The average Bonchev–Trinajstić information content (AvgIpc) is 3.17. The fraction of sp³-hybridized carbons (Fsp3) is 0.143. The third kappa shape index (κ3) is 5.24. The quantitative estimate of drug-likeness (QED) is 0.335. The minimum atomic E-state index is -0.526. The van der Waals surface area contributed by atoms with E-state index >= 15 is 0 Å². The number of amides is 1. The van der Waals surface area contributed by atoms with Crippen molar-refractivity contribution in [2.45, 2.75) is 13.8 Å². The highest BCUT2D eigenvalue weighted by atomic mass is 35.5. The average molecular weight is 428 g/mol. The lowest BCUT2D eigenvalue weighted by Crippen LogP contribution is -2.24. The number of hydrazone groups is 1. The number of nitrogens with one attached hydrogen (secondary N) is 1. The van der Waals surface area contributed by atoms with Crippen molar-refractivity contribution in [1.29, 1.82) is 0 Å². The minimum Gasteiger partial charge on any atom is -0.484 e. The normalized spacial score (nSPS) is 10.9. The van der Waals surface area contributed by atoms with Crippen LogP contribution in [-0.4, -0.2) is 23.7 Å². The van der Waals surface area contributed by atoms with Gasteiger partial charge >= 0.3 is 0 Å². The fourth-order valence-corrected chi connectivity index (χ4v) is 2.81. The molecule has 1 aromatic heterocycles. The van der Waals surface area contributed by atoms with Crippen LogP contribution in [0.25, 0.3) is 11.3 Å². The van der Waals surface area contributed by atoms with Gasteiger partial charge in [0.15, 0.2) is 6.61 Å². The molecule has 0 saturated carbocycles. The number of ether oxygens (including phenoxy) is 1. The Morgan fingerprint density at radius 2 is 2.00 bits per heavy atom. The van der Waals surface area contributed by atoms with Crippen molar-refractivity contribution < 1.29 is 18.9 Å². The maximum atomic E-state index is 11.9. The Kier molecular flexibility index (Phi) is 6.48. The van der Waals surface area contributed by atoms with Gasteiger partial charge in [-0.25, -0.2) is 5.43 Å². The van der Waals surface area contributed by atoms with Crippen LogP contribution in [0.4, 0.5) is 5.69 Å². The molecule has 154 valence electrons. The topological polar surface area (TPSA) is 107 Å². The Bertz CT molecular complexity index is 1120. The van der Waals surface area contributed by atoms with Gasteiger partial charge < -0.3 is 9.15 Å². The monoisotopic (exact) mass is 427 g/mol. The molecule has 0 bridgehead atoms. The molecule has 1 amide bonds. The molecule has 8 nitrogen and oxygen atoms in total. The SMILES string of the molecule is Cc1ccc(OCC(=O)N/N=C\c2ccc(-c3ccc([N+](=O)[O-])cc3Cl)o2)cc1C. The van der Waals surface area contributed by atoms with Gasteiger partial charge in [0.1, 0.15) is 17.3 Å². The maximum Gasteiger partial charge on any atom is 0.277 e. The standard InChI is InChI=1S/C21H18ClN3O5/c1-13-3-5-16(9-14(13)2)29-12-21(26)24-23-11-17-6-8-20(30-17)18-7-4-15(25(27)28)10-19(18)22/h3-11H,12H2,1-2H3,(H,24,26)/b23-11-. The van der Waals surface area contributed by atoms with Crippen LogP contribution in [0.15, 0.2) is 58.0 Å². The van der Waals surface area contributed by atoms with Gasteiger partial charge in [-0.1, -0.05) is 17.7 Å². The number of nitro benzene ring substituents is 1. The molecule has 0 saturated heterocycles. The molecule has 0 fully saturated rings. The lowest BCUT2D eigenvalue weighted by atomic mass is 10.1. The summed E-state index contributed by atoms with van der Waals surface area (Å²) in [5.41, 5.74) is 4.97. The third-order valence-corrected chi connectivity index (χ3v) is 4.60. The van der Waals surface area contributed by atoms with Crippen LogP contribution in [0, 0.1) is 24.0 Å². The van der Waals surface area contributed by atoms with Gasteiger partial charge in [0.05, 0.1) is 16.2 Å². The van der Waals surface area contributed by atoms with Gasteiger partial charge in [0.25, 0.3) is 11.6 Å². The highest BCUT2D eigenvalue weighted by Gasteiger charge is 2.13. The Hall–Kier alpha value is -3.65. The van der Waals surface area contributed by atoms with Crippen molar-refractivity contribution in [2.75, 3.05) is 6.61 Å². The molecule has 9 heteroatoms. The van der Waals surface area contributed by atoms with E-state index < -0.39 is 10.8 Å². The molecular formula is C21H18ClN3O5. The fourth-order valence-electron chi connectivity index (χ4n) is 2.54. The van der Waals surface area contributed by atoms with Crippen molar-refractivity contribution >= 4 is 29.4 Å². The van der Waals surface area contributed by atoms with E-state index in [9.17, 15) is 14.9 Å². The first kappa shape index (κ1) is 21.1. The number of carbonyl (C=O) groups excluding carboxylic acids is 1. The van der Waals surface area contributed by atoms with E-state index in [1.807, 2.05) is 26.0 Å². The van der Waals surface area contributed by atoms with Crippen molar-refractivity contribution in [2.24, 2.45) is 5.10 Å². The highest BCUT2D eigenvalue weighted by molar-refractivity contribution is 6.33. The molecule has 0 atom stereocenters. The zero-order valence-electron chi connectivity index (χ0n) is 16.2. The van der Waals surface area contributed by atoms with Gasteiger partial charge in [0.2, 0.25) is 0 Å². The molecule has 0 aliphatic carbocycles. The molecular weight excluding hydrogens is 410 g/mol. The number of nitrogens with zero attached hydrogens (tertiary/aromatic N) is 2. The van der Waals surface area contributed by atoms with E-state index in [2.05, 4.69) is 10.5 Å². The van der Waals surface area contributed by atoms with Gasteiger partial charge in [-0.15, -0.1) is 0 Å². The number of carbonyl (C=O) groups is 1.